The second kappa shape index (κ2) is 9.18. The Morgan fingerprint density at radius 3 is 2.47 bits per heavy atom. The van der Waals surface area contributed by atoms with Gasteiger partial charge in [0, 0.05) is 22.7 Å². The molecule has 1 aromatic heterocycles. The number of nitrogens with one attached hydrogen (secondary N) is 1. The molecule has 10 nitrogen and oxygen atoms in total. The number of carbonyl (C=O) groups excluding carboxylic acids is 1. The van der Waals surface area contributed by atoms with Crippen LogP contribution in [0.4, 0.5) is 16.5 Å². The average Bonchev–Trinajstić information content (AvgIpc) is 3.17. The van der Waals surface area contributed by atoms with E-state index in [4.69, 9.17) is 11.6 Å². The molecule has 0 radical (unpaired) electrons. The van der Waals surface area contributed by atoms with Gasteiger partial charge in [-0.1, -0.05) is 41.1 Å². The van der Waals surface area contributed by atoms with Crippen LogP contribution < -0.4 is 9.62 Å². The van der Waals surface area contributed by atoms with Gasteiger partial charge in [-0.15, -0.1) is 10.2 Å². The van der Waals surface area contributed by atoms with Gasteiger partial charge in [-0.25, -0.2) is 8.42 Å². The molecule has 32 heavy (non-hydrogen) atoms. The Balaban J connectivity index is 1.88. The lowest BCUT2D eigenvalue weighted by molar-refractivity contribution is -0.384. The topological polar surface area (TPSA) is 135 Å². The number of nitro groups is 1. The molecule has 13 heteroatoms. The second-order valence-corrected chi connectivity index (χ2v) is 10.1. The van der Waals surface area contributed by atoms with E-state index < -0.39 is 26.9 Å². The summed E-state index contributed by atoms with van der Waals surface area (Å²) >= 11 is 6.99. The van der Waals surface area contributed by atoms with E-state index in [1.54, 1.807) is 31.2 Å². The Bertz CT molecular complexity index is 1280. The van der Waals surface area contributed by atoms with Gasteiger partial charge >= 0.3 is 0 Å². The van der Waals surface area contributed by atoms with Crippen LogP contribution in [0.1, 0.15) is 12.5 Å². The maximum atomic E-state index is 12.9. The number of aromatic nitrogens is 2. The lowest BCUT2D eigenvalue weighted by Crippen LogP contribution is -2.45. The first kappa shape index (κ1) is 23.6. The van der Waals surface area contributed by atoms with Crippen LogP contribution >= 0.6 is 22.9 Å². The molecule has 1 heterocycles. The van der Waals surface area contributed by atoms with Crippen molar-refractivity contribution >= 4 is 55.4 Å². The molecule has 168 valence electrons. The van der Waals surface area contributed by atoms with E-state index >= 15 is 0 Å². The van der Waals surface area contributed by atoms with E-state index in [1.165, 1.54) is 19.1 Å². The lowest BCUT2D eigenvalue weighted by atomic mass is 10.1. The Labute approximate surface area is 193 Å². The fourth-order valence-corrected chi connectivity index (χ4v) is 5.02. The highest BCUT2D eigenvalue weighted by molar-refractivity contribution is 7.92. The number of carbonyl (C=O) groups is 1. The predicted octanol–water partition coefficient (Wildman–Crippen LogP) is 3.87. The molecule has 1 amide bonds. The van der Waals surface area contributed by atoms with Crippen LogP contribution in [0.2, 0.25) is 5.02 Å². The molecule has 0 fully saturated rings. The van der Waals surface area contributed by atoms with Crippen molar-refractivity contribution in [1.29, 1.82) is 0 Å². The smallest absolute Gasteiger partial charge is 0.271 e. The monoisotopic (exact) mass is 495 g/mol. The molecule has 3 rings (SSSR count). The summed E-state index contributed by atoms with van der Waals surface area (Å²) in [6.07, 6.45) is 0.929. The number of sulfonamides is 1. The van der Waals surface area contributed by atoms with Gasteiger partial charge in [-0.3, -0.25) is 24.5 Å². The summed E-state index contributed by atoms with van der Waals surface area (Å²) in [7, 11) is -3.96. The van der Waals surface area contributed by atoms with Gasteiger partial charge in [0.1, 0.15) is 11.0 Å². The van der Waals surface area contributed by atoms with Crippen molar-refractivity contribution in [3.05, 3.63) is 63.2 Å². The molecule has 0 saturated heterocycles. The molecule has 0 aliphatic rings. The molecule has 0 aliphatic carbocycles. The zero-order valence-corrected chi connectivity index (χ0v) is 19.5. The third kappa shape index (κ3) is 5.21. The van der Waals surface area contributed by atoms with Crippen molar-refractivity contribution < 1.29 is 18.1 Å². The number of anilines is 2. The van der Waals surface area contributed by atoms with Gasteiger partial charge in [0.05, 0.1) is 16.9 Å². The van der Waals surface area contributed by atoms with Gasteiger partial charge in [0.2, 0.25) is 21.1 Å². The molecule has 0 saturated carbocycles. The number of hydrogen-bond acceptors (Lipinski definition) is 8. The standard InChI is InChI=1S/C19H18ClN5O5S2/c1-11-4-9-15(25(27)28)10-16(11)24(32(3,29)30)12(2)17(26)21-19-23-22-18(31-19)13-5-7-14(20)8-6-13/h4-10,12H,1-3H3,(H,21,23,26)/t12-/m1/s1. The van der Waals surface area contributed by atoms with Gasteiger partial charge < -0.3 is 0 Å². The van der Waals surface area contributed by atoms with Crippen LogP contribution in [0.15, 0.2) is 42.5 Å². The minimum absolute atomic E-state index is 0.0449. The summed E-state index contributed by atoms with van der Waals surface area (Å²) in [5, 5.41) is 23.0. The number of amides is 1. The van der Waals surface area contributed by atoms with Crippen LogP contribution in [-0.4, -0.2) is 41.7 Å². The SMILES string of the molecule is Cc1ccc([N+](=O)[O-])cc1N([C@H](C)C(=O)Nc1nnc(-c2ccc(Cl)cc2)s1)S(C)(=O)=O. The third-order valence-corrected chi connectivity index (χ3v) is 6.84. The largest absolute Gasteiger partial charge is 0.299 e. The van der Waals surface area contributed by atoms with Gasteiger partial charge in [-0.05, 0) is 31.5 Å². The highest BCUT2D eigenvalue weighted by atomic mass is 35.5. The maximum absolute atomic E-state index is 12.9. The van der Waals surface area contributed by atoms with E-state index in [-0.39, 0.29) is 16.5 Å². The van der Waals surface area contributed by atoms with Gasteiger partial charge in [-0.2, -0.15) is 0 Å². The predicted molar refractivity (Wildman–Crippen MR) is 124 cm³/mol. The molecule has 0 aliphatic heterocycles. The minimum Gasteiger partial charge on any atom is -0.299 e. The summed E-state index contributed by atoms with van der Waals surface area (Å²) < 4.78 is 25.9. The molecule has 1 atom stereocenters. The van der Waals surface area contributed by atoms with Crippen molar-refractivity contribution in [2.45, 2.75) is 19.9 Å². The number of halogens is 1. The number of rotatable bonds is 7. The Morgan fingerprint density at radius 2 is 1.88 bits per heavy atom. The van der Waals surface area contributed by atoms with Crippen molar-refractivity contribution in [2.75, 3.05) is 15.9 Å². The number of nitrogens with zero attached hydrogens (tertiary/aromatic N) is 4. The van der Waals surface area contributed by atoms with E-state index in [0.29, 0.717) is 15.6 Å². The first-order valence-corrected chi connectivity index (χ1v) is 12.2. The number of non-ortho nitro benzene ring substituents is 1. The van der Waals surface area contributed by atoms with E-state index in [1.807, 2.05) is 0 Å². The zero-order valence-electron chi connectivity index (χ0n) is 17.1. The Kier molecular flexibility index (Phi) is 6.77. The molecule has 1 N–H and O–H groups in total. The summed E-state index contributed by atoms with van der Waals surface area (Å²) in [5.41, 5.74) is 0.971. The summed E-state index contributed by atoms with van der Waals surface area (Å²) in [6.45, 7) is 2.99. The number of aryl methyl sites for hydroxylation is 1. The number of hydrogen-bond donors (Lipinski definition) is 1. The zero-order chi connectivity index (χ0) is 23.6. The van der Waals surface area contributed by atoms with Crippen LogP contribution in [0.25, 0.3) is 10.6 Å². The molecule has 3 aromatic rings. The highest BCUT2D eigenvalue weighted by Gasteiger charge is 2.31. The van der Waals surface area contributed by atoms with Crippen LogP contribution in [-0.2, 0) is 14.8 Å². The van der Waals surface area contributed by atoms with Crippen molar-refractivity contribution in [1.82, 2.24) is 10.2 Å². The van der Waals surface area contributed by atoms with Crippen molar-refractivity contribution in [3.8, 4) is 10.6 Å². The fraction of sp³-hybridized carbons (Fsp3) is 0.211. The van der Waals surface area contributed by atoms with E-state index in [2.05, 4.69) is 15.5 Å². The molecule has 2 aromatic carbocycles. The molecular formula is C19H18ClN5O5S2. The number of nitro benzene ring substituents is 1. The second-order valence-electron chi connectivity index (χ2n) is 6.87. The molecule has 0 spiro atoms. The Morgan fingerprint density at radius 1 is 1.22 bits per heavy atom. The average molecular weight is 496 g/mol. The van der Waals surface area contributed by atoms with Crippen molar-refractivity contribution in [3.63, 3.8) is 0 Å². The summed E-state index contributed by atoms with van der Waals surface area (Å²) in [5.74, 6) is -0.667. The summed E-state index contributed by atoms with van der Waals surface area (Å²) in [6, 6.07) is 9.52. The lowest BCUT2D eigenvalue weighted by Gasteiger charge is -2.29. The quantitative estimate of drug-likeness (QED) is 0.388. The van der Waals surface area contributed by atoms with E-state index in [0.717, 1.165) is 33.5 Å². The van der Waals surface area contributed by atoms with E-state index in [9.17, 15) is 23.3 Å². The molecule has 0 bridgehead atoms. The fourth-order valence-electron chi connectivity index (χ4n) is 2.92. The molecular weight excluding hydrogens is 478 g/mol. The Hall–Kier alpha value is -3.09. The van der Waals surface area contributed by atoms with Crippen LogP contribution in [0, 0.1) is 17.0 Å². The number of benzene rings is 2. The van der Waals surface area contributed by atoms with Gasteiger partial charge in [0.25, 0.3) is 5.69 Å². The summed E-state index contributed by atoms with van der Waals surface area (Å²) in [4.78, 5) is 23.4. The third-order valence-electron chi connectivity index (χ3n) is 4.48. The van der Waals surface area contributed by atoms with Gasteiger partial charge in [0.15, 0.2) is 0 Å². The normalized spacial score (nSPS) is 12.2. The minimum atomic E-state index is -3.96. The van der Waals surface area contributed by atoms with Crippen LogP contribution in [0.5, 0.6) is 0 Å². The highest BCUT2D eigenvalue weighted by Crippen LogP contribution is 2.31. The first-order valence-electron chi connectivity index (χ1n) is 9.12. The van der Waals surface area contributed by atoms with Crippen LogP contribution in [0.3, 0.4) is 0 Å². The first-order chi connectivity index (χ1) is 15.0. The molecule has 0 unspecified atom stereocenters. The maximum Gasteiger partial charge on any atom is 0.271 e. The van der Waals surface area contributed by atoms with Crippen molar-refractivity contribution in [2.24, 2.45) is 0 Å².